The maximum absolute atomic E-state index is 13.2. The van der Waals surface area contributed by atoms with Crippen molar-refractivity contribution in [1.29, 1.82) is 0 Å². The molecule has 0 aliphatic carbocycles. The van der Waals surface area contributed by atoms with Gasteiger partial charge in [0.2, 0.25) is 5.78 Å². The highest BCUT2D eigenvalue weighted by molar-refractivity contribution is 6.30. The first kappa shape index (κ1) is 21.1. The van der Waals surface area contributed by atoms with E-state index in [2.05, 4.69) is 12.6 Å². The monoisotopic (exact) mass is 403 g/mol. The summed E-state index contributed by atoms with van der Waals surface area (Å²) in [5.41, 5.74) is 4.78. The molecular weight excluding hydrogens is 378 g/mol. The number of benzene rings is 2. The molecule has 0 aromatic heterocycles. The second kappa shape index (κ2) is 8.82. The summed E-state index contributed by atoms with van der Waals surface area (Å²) >= 11 is 0. The largest absolute Gasteiger partial charge is 0.490 e. The van der Waals surface area contributed by atoms with Crippen molar-refractivity contribution in [1.82, 2.24) is 0 Å². The van der Waals surface area contributed by atoms with Crippen LogP contribution in [0.25, 0.3) is 6.08 Å². The Labute approximate surface area is 176 Å². The van der Waals surface area contributed by atoms with Gasteiger partial charge in [0.15, 0.2) is 0 Å². The van der Waals surface area contributed by atoms with E-state index in [4.69, 9.17) is 9.47 Å². The summed E-state index contributed by atoms with van der Waals surface area (Å²) in [6.07, 6.45) is 3.45. The van der Waals surface area contributed by atoms with Crippen LogP contribution in [0.1, 0.15) is 23.6 Å². The van der Waals surface area contributed by atoms with Crippen molar-refractivity contribution in [2.24, 2.45) is 0 Å². The average molecular weight is 403 g/mol. The van der Waals surface area contributed by atoms with Crippen molar-refractivity contribution in [2.75, 3.05) is 18.6 Å². The summed E-state index contributed by atoms with van der Waals surface area (Å²) in [5, 5.41) is 0. The number of carbonyl (C=O) groups is 2. The summed E-state index contributed by atoms with van der Waals surface area (Å²) in [6, 6.07) is 13.4. The number of Topliss-reactive ketones (excluding diaryl/α,β-unsaturated/α-hetero) is 1. The number of esters is 1. The average Bonchev–Trinajstić information content (AvgIpc) is 2.95. The number of rotatable bonds is 6. The highest BCUT2D eigenvalue weighted by Crippen LogP contribution is 2.36. The van der Waals surface area contributed by atoms with Gasteiger partial charge >= 0.3 is 5.97 Å². The number of allylic oxidation sites excluding steroid dienone is 2. The van der Waals surface area contributed by atoms with Crippen LogP contribution in [-0.2, 0) is 14.3 Å². The van der Waals surface area contributed by atoms with Crippen molar-refractivity contribution < 1.29 is 19.1 Å². The third-order valence-corrected chi connectivity index (χ3v) is 4.80. The number of nitrogens with zero attached hydrogens (tertiary/aromatic N) is 1. The third-order valence-electron chi connectivity index (χ3n) is 4.80. The van der Waals surface area contributed by atoms with Crippen molar-refractivity contribution in [3.63, 3.8) is 0 Å². The van der Waals surface area contributed by atoms with Gasteiger partial charge in [-0.05, 0) is 67.8 Å². The van der Waals surface area contributed by atoms with Gasteiger partial charge in [-0.15, -0.1) is 0 Å². The zero-order chi connectivity index (χ0) is 21.8. The molecule has 0 atom stereocenters. The van der Waals surface area contributed by atoms with E-state index < -0.39 is 5.97 Å². The Kier molecular flexibility index (Phi) is 6.21. The standard InChI is InChI=1S/C25H25NO4/c1-6-11-30-21-9-7-19(8-10-21)15-22-24(27)23(25(28)29-5)18(4)26(22)20-13-16(2)12-17(3)14-20/h6-10,12-15H,1,11H2,2-5H3/b22-15+. The molecule has 5 nitrogen and oxygen atoms in total. The molecule has 0 bridgehead atoms. The minimum Gasteiger partial charge on any atom is -0.490 e. The minimum absolute atomic E-state index is 0.0499. The van der Waals surface area contributed by atoms with Crippen molar-refractivity contribution >= 4 is 23.5 Å². The number of aryl methyl sites for hydroxylation is 2. The fourth-order valence-corrected chi connectivity index (χ4v) is 3.54. The molecule has 0 spiro atoms. The van der Waals surface area contributed by atoms with Crippen LogP contribution in [0.5, 0.6) is 5.75 Å². The van der Waals surface area contributed by atoms with Gasteiger partial charge in [-0.3, -0.25) is 4.79 Å². The molecule has 1 heterocycles. The fraction of sp³-hybridized carbons (Fsp3) is 0.200. The van der Waals surface area contributed by atoms with Gasteiger partial charge < -0.3 is 14.4 Å². The molecule has 1 aliphatic rings. The van der Waals surface area contributed by atoms with E-state index in [0.29, 0.717) is 23.8 Å². The number of carbonyl (C=O) groups excluding carboxylic acids is 2. The van der Waals surface area contributed by atoms with E-state index in [0.717, 1.165) is 22.4 Å². The molecule has 0 saturated heterocycles. The van der Waals surface area contributed by atoms with Gasteiger partial charge in [0.05, 0.1) is 12.8 Å². The number of hydrogen-bond donors (Lipinski definition) is 0. The molecule has 5 heteroatoms. The van der Waals surface area contributed by atoms with Crippen LogP contribution in [0.2, 0.25) is 0 Å². The molecule has 0 fully saturated rings. The second-order valence-electron chi connectivity index (χ2n) is 7.16. The van der Waals surface area contributed by atoms with Crippen molar-refractivity contribution in [3.05, 3.63) is 88.8 Å². The molecule has 30 heavy (non-hydrogen) atoms. The summed E-state index contributed by atoms with van der Waals surface area (Å²) in [6.45, 7) is 9.82. The lowest BCUT2D eigenvalue weighted by Gasteiger charge is -2.22. The smallest absolute Gasteiger partial charge is 0.343 e. The predicted octanol–water partition coefficient (Wildman–Crippen LogP) is 4.75. The van der Waals surface area contributed by atoms with Crippen molar-refractivity contribution in [2.45, 2.75) is 20.8 Å². The molecule has 0 saturated carbocycles. The van der Waals surface area contributed by atoms with Gasteiger partial charge in [-0.25, -0.2) is 4.79 Å². The van der Waals surface area contributed by atoms with Gasteiger partial charge in [0.25, 0.3) is 0 Å². The predicted molar refractivity (Wildman–Crippen MR) is 118 cm³/mol. The zero-order valence-electron chi connectivity index (χ0n) is 17.7. The van der Waals surface area contributed by atoms with Crippen LogP contribution >= 0.6 is 0 Å². The number of ether oxygens (including phenoxy) is 2. The Morgan fingerprint density at radius 2 is 1.70 bits per heavy atom. The van der Waals surface area contributed by atoms with Gasteiger partial charge in [0.1, 0.15) is 17.9 Å². The summed E-state index contributed by atoms with van der Waals surface area (Å²) in [7, 11) is 1.28. The maximum atomic E-state index is 13.2. The molecule has 0 radical (unpaired) electrons. The molecule has 1 aliphatic heterocycles. The normalized spacial score (nSPS) is 15.0. The lowest BCUT2D eigenvalue weighted by molar-refractivity contribution is -0.137. The van der Waals surface area contributed by atoms with Crippen LogP contribution < -0.4 is 9.64 Å². The molecular formula is C25H25NO4. The third kappa shape index (κ3) is 4.20. The first-order valence-electron chi connectivity index (χ1n) is 9.63. The van der Waals surface area contributed by atoms with Crippen LogP contribution in [-0.4, -0.2) is 25.5 Å². The molecule has 0 unspecified atom stereocenters. The number of hydrogen-bond acceptors (Lipinski definition) is 5. The van der Waals surface area contributed by atoms with E-state index >= 15 is 0 Å². The highest BCUT2D eigenvalue weighted by atomic mass is 16.5. The Bertz CT molecular complexity index is 1040. The number of ketones is 1. The lowest BCUT2D eigenvalue weighted by atomic mass is 10.1. The molecule has 2 aromatic rings. The first-order valence-corrected chi connectivity index (χ1v) is 9.63. The molecule has 2 aromatic carbocycles. The van der Waals surface area contributed by atoms with Crippen LogP contribution in [0.3, 0.4) is 0 Å². The van der Waals surface area contributed by atoms with Gasteiger partial charge in [-0.1, -0.05) is 30.9 Å². The zero-order valence-corrected chi connectivity index (χ0v) is 17.7. The fourth-order valence-electron chi connectivity index (χ4n) is 3.54. The molecule has 3 rings (SSSR count). The maximum Gasteiger partial charge on any atom is 0.343 e. The van der Waals surface area contributed by atoms with E-state index in [1.165, 1.54) is 7.11 Å². The Hall–Kier alpha value is -3.60. The van der Waals surface area contributed by atoms with Crippen LogP contribution in [0.4, 0.5) is 5.69 Å². The second-order valence-corrected chi connectivity index (χ2v) is 7.16. The number of methoxy groups -OCH3 is 1. The summed E-state index contributed by atoms with van der Waals surface area (Å²) in [4.78, 5) is 27.3. The quantitative estimate of drug-likeness (QED) is 0.302. The van der Waals surface area contributed by atoms with Crippen LogP contribution in [0.15, 0.2) is 72.1 Å². The Morgan fingerprint density at radius 3 is 2.27 bits per heavy atom. The molecule has 154 valence electrons. The Balaban J connectivity index is 2.08. The Morgan fingerprint density at radius 1 is 1.07 bits per heavy atom. The molecule has 0 N–H and O–H groups in total. The van der Waals surface area contributed by atoms with E-state index in [1.54, 1.807) is 19.1 Å². The van der Waals surface area contributed by atoms with Crippen molar-refractivity contribution in [3.8, 4) is 5.75 Å². The summed E-state index contributed by atoms with van der Waals surface area (Å²) in [5.74, 6) is -0.278. The number of anilines is 1. The first-order chi connectivity index (χ1) is 14.3. The summed E-state index contributed by atoms with van der Waals surface area (Å²) < 4.78 is 10.4. The topological polar surface area (TPSA) is 55.8 Å². The van der Waals surface area contributed by atoms with Gasteiger partial charge in [0, 0.05) is 11.4 Å². The van der Waals surface area contributed by atoms with E-state index in [-0.39, 0.29) is 11.4 Å². The van der Waals surface area contributed by atoms with Crippen LogP contribution in [0, 0.1) is 13.8 Å². The minimum atomic E-state index is -0.636. The van der Waals surface area contributed by atoms with E-state index in [1.807, 2.05) is 55.1 Å². The molecule has 0 amide bonds. The SMILES string of the molecule is C=CCOc1ccc(/C=C2\C(=O)C(C(=O)OC)=C(C)N2c2cc(C)cc(C)c2)cc1. The van der Waals surface area contributed by atoms with Gasteiger partial charge in [-0.2, -0.15) is 0 Å². The van der Waals surface area contributed by atoms with E-state index in [9.17, 15) is 9.59 Å². The lowest BCUT2D eigenvalue weighted by Crippen LogP contribution is -2.18. The highest BCUT2D eigenvalue weighted by Gasteiger charge is 2.38.